The number of amides is 1. The van der Waals surface area contributed by atoms with Crippen LogP contribution in [0.1, 0.15) is 17.5 Å². The Hall–Kier alpha value is -4.90. The molecule has 6 rings (SSSR count). The molecule has 1 aliphatic rings. The highest BCUT2D eigenvalue weighted by molar-refractivity contribution is 5.96. The summed E-state index contributed by atoms with van der Waals surface area (Å²) in [7, 11) is 3.26. The molecule has 1 aliphatic heterocycles. The molecule has 7 nitrogen and oxygen atoms in total. The Morgan fingerprint density at radius 1 is 0.911 bits per heavy atom. The number of para-hydroxylation sites is 2. The predicted octanol–water partition coefficient (Wildman–Crippen LogP) is 7.03. The summed E-state index contributed by atoms with van der Waals surface area (Å²) in [5.41, 5.74) is 4.73. The number of H-pyrrole nitrogens is 1. The third-order valence-corrected chi connectivity index (χ3v) is 8.75. The Bertz CT molecular complexity index is 1900. The average molecular weight is 600 g/mol. The minimum atomic E-state index is -1.46. The van der Waals surface area contributed by atoms with Crippen molar-refractivity contribution in [1.82, 2.24) is 9.88 Å². The highest BCUT2D eigenvalue weighted by Crippen LogP contribution is 2.40. The summed E-state index contributed by atoms with van der Waals surface area (Å²) < 4.78 is 16.9. The van der Waals surface area contributed by atoms with E-state index in [-0.39, 0.29) is 25.5 Å². The smallest absolute Gasteiger partial charge is 0.246 e. The summed E-state index contributed by atoms with van der Waals surface area (Å²) in [6.07, 6.45) is 5.03. The van der Waals surface area contributed by atoms with Gasteiger partial charge in [-0.1, -0.05) is 78.9 Å². The van der Waals surface area contributed by atoms with Crippen molar-refractivity contribution in [2.45, 2.75) is 12.8 Å². The number of aromatic nitrogens is 1. The van der Waals surface area contributed by atoms with E-state index in [0.717, 1.165) is 44.3 Å². The molecule has 2 heterocycles. The lowest BCUT2D eigenvalue weighted by molar-refractivity contribution is -0.142. The van der Waals surface area contributed by atoms with Gasteiger partial charge in [-0.25, -0.2) is 0 Å². The highest BCUT2D eigenvalue weighted by atomic mass is 16.5. The van der Waals surface area contributed by atoms with Gasteiger partial charge >= 0.3 is 0 Å². The number of carbonyl (C=O) groups excluding carboxylic acids is 1. The molecule has 0 saturated carbocycles. The van der Waals surface area contributed by atoms with E-state index in [0.29, 0.717) is 26.1 Å². The van der Waals surface area contributed by atoms with E-state index in [1.807, 2.05) is 54.7 Å². The number of methoxy groups -OCH3 is 2. The Kier molecular flexibility index (Phi) is 8.97. The lowest BCUT2D eigenvalue weighted by Crippen LogP contribution is -2.48. The average Bonchev–Trinajstić information content (AvgIpc) is 3.54. The molecule has 1 aromatic heterocycles. The number of carbonyl (C=O) groups is 1. The van der Waals surface area contributed by atoms with Crippen molar-refractivity contribution >= 4 is 33.2 Å². The topological polar surface area (TPSA) is 87.6 Å². The molecule has 45 heavy (non-hydrogen) atoms. The molecule has 7 heteroatoms. The number of nitrogens with zero attached hydrogens (tertiary/aromatic N) is 2. The van der Waals surface area contributed by atoms with Crippen LogP contribution in [-0.4, -0.2) is 62.9 Å². The van der Waals surface area contributed by atoms with Gasteiger partial charge in [0, 0.05) is 54.8 Å². The van der Waals surface area contributed by atoms with Gasteiger partial charge in [0.1, 0.15) is 5.75 Å². The second-order valence-corrected chi connectivity index (χ2v) is 11.4. The minimum Gasteiger partial charge on any atom is -0.496 e. The zero-order chi connectivity index (χ0) is 31.2. The molecule has 0 radical (unpaired) electrons. The Balaban J connectivity index is 1.39. The van der Waals surface area contributed by atoms with Gasteiger partial charge in [-0.3, -0.25) is 4.79 Å². The van der Waals surface area contributed by atoms with E-state index in [1.54, 1.807) is 19.1 Å². The first kappa shape index (κ1) is 30.1. The van der Waals surface area contributed by atoms with E-state index >= 15 is 0 Å². The number of nitriles is 1. The van der Waals surface area contributed by atoms with Crippen molar-refractivity contribution in [3.63, 3.8) is 0 Å². The number of fused-ring (bicyclic) bond motifs is 2. The third kappa shape index (κ3) is 5.95. The maximum atomic E-state index is 14.6. The summed E-state index contributed by atoms with van der Waals surface area (Å²) in [6.45, 7) is 1.55. The minimum absolute atomic E-state index is 0.0458. The second kappa shape index (κ2) is 13.4. The number of hydrogen-bond acceptors (Lipinski definition) is 5. The summed E-state index contributed by atoms with van der Waals surface area (Å²) in [5, 5.41) is 14.1. The number of benzene rings is 4. The zero-order valence-electron chi connectivity index (χ0n) is 25.7. The standard InChI is InChI=1S/C38H37N3O4/c1-43-21-22-45-26-38(25-39,37(42)41-19-17-28(18-20-41)34-24-40-35-13-7-5-11-31(34)35)23-33-29-10-4-3-9-27(29)15-16-30(33)32-12-6-8-14-36(32)44-2/h3-17,24,40H,18-23,26H2,1-2H3/t38-/m0/s1. The molecule has 5 aromatic rings. The first-order valence-corrected chi connectivity index (χ1v) is 15.3. The van der Waals surface area contributed by atoms with Crippen LogP contribution in [0.3, 0.4) is 0 Å². The van der Waals surface area contributed by atoms with Crippen LogP contribution in [0.2, 0.25) is 0 Å². The molecule has 1 atom stereocenters. The first-order chi connectivity index (χ1) is 22.1. The fraction of sp³-hybridized carbons (Fsp3) is 0.263. The SMILES string of the molecule is COCCOC[C@@](C#N)(Cc1c(-c2ccccc2OC)ccc2ccccc12)C(=O)N1CC=C(c2c[nH]c3ccccc23)CC1. The first-order valence-electron chi connectivity index (χ1n) is 15.3. The van der Waals surface area contributed by atoms with Gasteiger partial charge in [0.2, 0.25) is 5.91 Å². The number of aromatic amines is 1. The zero-order valence-corrected chi connectivity index (χ0v) is 25.7. The largest absolute Gasteiger partial charge is 0.496 e. The van der Waals surface area contributed by atoms with Crippen molar-refractivity contribution in [2.24, 2.45) is 5.41 Å². The van der Waals surface area contributed by atoms with Gasteiger partial charge < -0.3 is 24.1 Å². The van der Waals surface area contributed by atoms with Crippen LogP contribution < -0.4 is 4.74 Å². The van der Waals surface area contributed by atoms with Crippen LogP contribution in [0.15, 0.2) is 97.2 Å². The molecule has 0 unspecified atom stereocenters. The molecule has 4 aromatic carbocycles. The molecule has 0 aliphatic carbocycles. The molecular formula is C38H37N3O4. The van der Waals surface area contributed by atoms with Crippen LogP contribution in [0.25, 0.3) is 38.4 Å². The van der Waals surface area contributed by atoms with Gasteiger partial charge in [0.15, 0.2) is 5.41 Å². The number of ether oxygens (including phenoxy) is 3. The van der Waals surface area contributed by atoms with Crippen molar-refractivity contribution in [1.29, 1.82) is 5.26 Å². The maximum absolute atomic E-state index is 14.6. The molecule has 0 bridgehead atoms. The molecule has 1 amide bonds. The van der Waals surface area contributed by atoms with Crippen molar-refractivity contribution < 1.29 is 19.0 Å². The normalized spacial score (nSPS) is 14.6. The summed E-state index contributed by atoms with van der Waals surface area (Å²) in [4.78, 5) is 19.7. The van der Waals surface area contributed by atoms with Crippen molar-refractivity contribution in [2.75, 3.05) is 47.1 Å². The van der Waals surface area contributed by atoms with Crippen LogP contribution in [-0.2, 0) is 20.7 Å². The number of rotatable bonds is 11. The van der Waals surface area contributed by atoms with Crippen LogP contribution >= 0.6 is 0 Å². The van der Waals surface area contributed by atoms with E-state index in [2.05, 4.69) is 53.5 Å². The van der Waals surface area contributed by atoms with Gasteiger partial charge in [-0.05, 0) is 46.0 Å². The predicted molar refractivity (Wildman–Crippen MR) is 178 cm³/mol. The second-order valence-electron chi connectivity index (χ2n) is 11.4. The molecular weight excluding hydrogens is 562 g/mol. The van der Waals surface area contributed by atoms with Gasteiger partial charge in [0.25, 0.3) is 0 Å². The van der Waals surface area contributed by atoms with Crippen LogP contribution in [0, 0.1) is 16.7 Å². The summed E-state index contributed by atoms with van der Waals surface area (Å²) in [5.74, 6) is 0.501. The Morgan fingerprint density at radius 3 is 2.47 bits per heavy atom. The quantitative estimate of drug-likeness (QED) is 0.165. The summed E-state index contributed by atoms with van der Waals surface area (Å²) in [6, 6.07) is 30.8. The van der Waals surface area contributed by atoms with E-state index in [4.69, 9.17) is 14.2 Å². The molecule has 0 fully saturated rings. The molecule has 0 spiro atoms. The van der Waals surface area contributed by atoms with E-state index < -0.39 is 5.41 Å². The third-order valence-electron chi connectivity index (χ3n) is 8.75. The molecule has 228 valence electrons. The van der Waals surface area contributed by atoms with Crippen LogP contribution in [0.4, 0.5) is 0 Å². The van der Waals surface area contributed by atoms with Gasteiger partial charge in [-0.15, -0.1) is 0 Å². The number of nitrogens with one attached hydrogen (secondary N) is 1. The fourth-order valence-electron chi connectivity index (χ4n) is 6.38. The van der Waals surface area contributed by atoms with Crippen LogP contribution in [0.5, 0.6) is 5.75 Å². The Morgan fingerprint density at radius 2 is 1.69 bits per heavy atom. The lowest BCUT2D eigenvalue weighted by Gasteiger charge is -2.35. The lowest BCUT2D eigenvalue weighted by atomic mass is 9.78. The highest BCUT2D eigenvalue weighted by Gasteiger charge is 2.43. The van der Waals surface area contributed by atoms with Crippen molar-refractivity contribution in [3.05, 3.63) is 108 Å². The number of hydrogen-bond donors (Lipinski definition) is 1. The monoisotopic (exact) mass is 599 g/mol. The maximum Gasteiger partial charge on any atom is 0.246 e. The summed E-state index contributed by atoms with van der Waals surface area (Å²) >= 11 is 0. The van der Waals surface area contributed by atoms with Gasteiger partial charge in [0.05, 0.1) is 33.0 Å². The van der Waals surface area contributed by atoms with E-state index in [1.165, 1.54) is 11.0 Å². The Labute approximate surface area is 263 Å². The molecule has 1 N–H and O–H groups in total. The molecule has 0 saturated heterocycles. The van der Waals surface area contributed by atoms with E-state index in [9.17, 15) is 10.1 Å². The van der Waals surface area contributed by atoms with Gasteiger partial charge in [-0.2, -0.15) is 5.26 Å². The fourth-order valence-corrected chi connectivity index (χ4v) is 6.38. The van der Waals surface area contributed by atoms with Crippen molar-refractivity contribution in [3.8, 4) is 22.9 Å².